The van der Waals surface area contributed by atoms with E-state index in [0.717, 1.165) is 5.75 Å². The Kier molecular flexibility index (Phi) is 8.13. The van der Waals surface area contributed by atoms with Crippen molar-refractivity contribution in [1.29, 1.82) is 0 Å². The molecule has 0 radical (unpaired) electrons. The van der Waals surface area contributed by atoms with Crippen molar-refractivity contribution in [2.45, 2.75) is 57.9 Å². The highest BCUT2D eigenvalue weighted by molar-refractivity contribution is 7.98. The molecule has 0 bridgehead atoms. The Hall–Kier alpha value is 0.660. The van der Waals surface area contributed by atoms with Crippen LogP contribution < -0.4 is 0 Å². The smallest absolute Gasteiger partial charge is 0.00719 e. The van der Waals surface area contributed by atoms with Crippen molar-refractivity contribution >= 4 is 24.4 Å². The van der Waals surface area contributed by atoms with Gasteiger partial charge in [0.2, 0.25) is 0 Å². The lowest BCUT2D eigenvalue weighted by molar-refractivity contribution is 0.141. The van der Waals surface area contributed by atoms with Crippen molar-refractivity contribution in [3.63, 3.8) is 0 Å². The molecule has 18 heavy (non-hydrogen) atoms. The highest BCUT2D eigenvalue weighted by atomic mass is 32.2. The van der Waals surface area contributed by atoms with Crippen LogP contribution in [-0.2, 0) is 0 Å². The zero-order chi connectivity index (χ0) is 13.4. The topological polar surface area (TPSA) is 3.24 Å². The molecule has 108 valence electrons. The van der Waals surface area contributed by atoms with E-state index >= 15 is 0 Å². The van der Waals surface area contributed by atoms with Gasteiger partial charge in [-0.3, -0.25) is 0 Å². The fraction of sp³-hybridized carbons (Fsp3) is 1.00. The summed E-state index contributed by atoms with van der Waals surface area (Å²) < 4.78 is 0. The van der Waals surface area contributed by atoms with E-state index in [2.05, 4.69) is 37.8 Å². The summed E-state index contributed by atoms with van der Waals surface area (Å²) in [4.78, 5) is 2.58. The third-order valence-electron chi connectivity index (χ3n) is 4.58. The van der Waals surface area contributed by atoms with E-state index in [0.29, 0.717) is 11.5 Å². The van der Waals surface area contributed by atoms with Gasteiger partial charge < -0.3 is 4.90 Å². The number of rotatable bonds is 7. The van der Waals surface area contributed by atoms with Gasteiger partial charge in [0.15, 0.2) is 0 Å². The number of hydrogen-bond acceptors (Lipinski definition) is 3. The Morgan fingerprint density at radius 2 is 1.83 bits per heavy atom. The van der Waals surface area contributed by atoms with E-state index in [1.807, 2.05) is 11.8 Å². The molecule has 1 aliphatic carbocycles. The van der Waals surface area contributed by atoms with Gasteiger partial charge >= 0.3 is 0 Å². The predicted octanol–water partition coefficient (Wildman–Crippen LogP) is 4.33. The first-order valence-corrected chi connectivity index (χ1v) is 9.46. The molecule has 0 aromatic rings. The van der Waals surface area contributed by atoms with Gasteiger partial charge in [-0.05, 0) is 56.4 Å². The van der Waals surface area contributed by atoms with E-state index in [1.54, 1.807) is 0 Å². The van der Waals surface area contributed by atoms with Crippen molar-refractivity contribution in [3.05, 3.63) is 0 Å². The summed E-state index contributed by atoms with van der Waals surface area (Å²) in [6.07, 6.45) is 12.0. The van der Waals surface area contributed by atoms with Crippen molar-refractivity contribution in [3.8, 4) is 0 Å². The molecular formula is C15H31NS2. The second kappa shape index (κ2) is 8.76. The third kappa shape index (κ3) is 5.34. The molecule has 0 aliphatic heterocycles. The van der Waals surface area contributed by atoms with E-state index in [1.165, 1.54) is 57.2 Å². The third-order valence-corrected chi connectivity index (χ3v) is 5.89. The van der Waals surface area contributed by atoms with Crippen molar-refractivity contribution in [1.82, 2.24) is 4.90 Å². The van der Waals surface area contributed by atoms with Gasteiger partial charge in [0.25, 0.3) is 0 Å². The molecule has 1 fully saturated rings. The summed E-state index contributed by atoms with van der Waals surface area (Å²) in [7, 11) is 2.31. The maximum absolute atomic E-state index is 4.68. The molecule has 0 aromatic heterocycles. The number of nitrogens with zero attached hydrogens (tertiary/aromatic N) is 1. The highest BCUT2D eigenvalue weighted by Crippen LogP contribution is 2.37. The fourth-order valence-corrected chi connectivity index (χ4v) is 4.03. The minimum absolute atomic E-state index is 0.488. The molecule has 0 N–H and O–H groups in total. The maximum Gasteiger partial charge on any atom is 0.00719 e. The van der Waals surface area contributed by atoms with Gasteiger partial charge in [0.05, 0.1) is 0 Å². The molecule has 1 aliphatic rings. The molecule has 3 heteroatoms. The van der Waals surface area contributed by atoms with E-state index in [9.17, 15) is 0 Å². The van der Waals surface area contributed by atoms with Crippen LogP contribution in [-0.4, -0.2) is 42.3 Å². The molecule has 0 spiro atoms. The highest BCUT2D eigenvalue weighted by Gasteiger charge is 2.31. The Morgan fingerprint density at radius 3 is 2.33 bits per heavy atom. The Morgan fingerprint density at radius 1 is 1.22 bits per heavy atom. The first-order chi connectivity index (χ1) is 8.63. The first-order valence-electron chi connectivity index (χ1n) is 7.43. The van der Waals surface area contributed by atoms with Gasteiger partial charge in [0.1, 0.15) is 0 Å². The van der Waals surface area contributed by atoms with Crippen LogP contribution >= 0.6 is 24.4 Å². The second-order valence-electron chi connectivity index (χ2n) is 6.12. The zero-order valence-electron chi connectivity index (χ0n) is 12.5. The lowest BCUT2D eigenvalue weighted by Gasteiger charge is -2.38. The van der Waals surface area contributed by atoms with E-state index < -0.39 is 0 Å². The Balaban J connectivity index is 2.49. The standard InChI is InChI=1S/C15H31NS2/c1-14(8-11-18-3)16(2)12-15(13-17)9-6-4-5-7-10-15/h14,17H,4-13H2,1-3H3. The predicted molar refractivity (Wildman–Crippen MR) is 89.1 cm³/mol. The normalized spacial score (nSPS) is 21.8. The lowest BCUT2D eigenvalue weighted by Crippen LogP contribution is -2.41. The monoisotopic (exact) mass is 289 g/mol. The minimum Gasteiger partial charge on any atom is -0.303 e. The molecular weight excluding hydrogens is 258 g/mol. The van der Waals surface area contributed by atoms with Crippen molar-refractivity contribution in [2.24, 2.45) is 5.41 Å². The van der Waals surface area contributed by atoms with Crippen LogP contribution in [0.25, 0.3) is 0 Å². The van der Waals surface area contributed by atoms with Crippen molar-refractivity contribution in [2.75, 3.05) is 31.4 Å². The van der Waals surface area contributed by atoms with E-state index in [-0.39, 0.29) is 0 Å². The minimum atomic E-state index is 0.488. The Labute approximate surface area is 124 Å². The largest absolute Gasteiger partial charge is 0.303 e. The van der Waals surface area contributed by atoms with Crippen molar-refractivity contribution < 1.29 is 0 Å². The summed E-state index contributed by atoms with van der Waals surface area (Å²) in [5.41, 5.74) is 0.488. The molecule has 1 saturated carbocycles. The quantitative estimate of drug-likeness (QED) is 0.549. The van der Waals surface area contributed by atoms with Crippen LogP contribution in [0.1, 0.15) is 51.9 Å². The van der Waals surface area contributed by atoms with Gasteiger partial charge in [-0.1, -0.05) is 25.7 Å². The second-order valence-corrected chi connectivity index (χ2v) is 7.42. The molecule has 0 heterocycles. The summed E-state index contributed by atoms with van der Waals surface area (Å²) in [6.45, 7) is 3.62. The molecule has 0 amide bonds. The van der Waals surface area contributed by atoms with Crippen LogP contribution in [0.3, 0.4) is 0 Å². The molecule has 1 nitrogen and oxygen atoms in total. The number of thiol groups is 1. The van der Waals surface area contributed by atoms with Gasteiger partial charge in [-0.25, -0.2) is 0 Å². The summed E-state index contributed by atoms with van der Waals surface area (Å²) in [6, 6.07) is 0.706. The van der Waals surface area contributed by atoms with Crippen LogP contribution in [0.4, 0.5) is 0 Å². The molecule has 1 rings (SSSR count). The summed E-state index contributed by atoms with van der Waals surface area (Å²) >= 11 is 6.64. The zero-order valence-corrected chi connectivity index (χ0v) is 14.2. The SMILES string of the molecule is CSCCC(C)N(C)CC1(CS)CCCCCC1. The van der Waals surface area contributed by atoms with Crippen LogP contribution in [0.5, 0.6) is 0 Å². The molecule has 0 saturated heterocycles. The number of hydrogen-bond donors (Lipinski definition) is 1. The molecule has 1 unspecified atom stereocenters. The maximum atomic E-state index is 4.68. The summed E-state index contributed by atoms with van der Waals surface area (Å²) in [5.74, 6) is 2.34. The average Bonchev–Trinajstić information content (AvgIpc) is 2.62. The van der Waals surface area contributed by atoms with Gasteiger partial charge in [-0.15, -0.1) is 0 Å². The molecule has 0 aromatic carbocycles. The van der Waals surface area contributed by atoms with Gasteiger partial charge in [0, 0.05) is 12.6 Å². The number of thioether (sulfide) groups is 1. The van der Waals surface area contributed by atoms with Gasteiger partial charge in [-0.2, -0.15) is 24.4 Å². The average molecular weight is 290 g/mol. The van der Waals surface area contributed by atoms with Crippen LogP contribution in [0.2, 0.25) is 0 Å². The molecule has 1 atom stereocenters. The van der Waals surface area contributed by atoms with Crippen LogP contribution in [0, 0.1) is 5.41 Å². The Bertz CT molecular complexity index is 213. The van der Waals surface area contributed by atoms with Crippen LogP contribution in [0.15, 0.2) is 0 Å². The summed E-state index contributed by atoms with van der Waals surface area (Å²) in [5, 5.41) is 0. The van der Waals surface area contributed by atoms with E-state index in [4.69, 9.17) is 0 Å². The lowest BCUT2D eigenvalue weighted by atomic mass is 9.81. The fourth-order valence-electron chi connectivity index (χ4n) is 3.04. The first kappa shape index (κ1) is 16.7.